The summed E-state index contributed by atoms with van der Waals surface area (Å²) in [5, 5.41) is 0. The first-order valence-corrected chi connectivity index (χ1v) is 5.56. The Labute approximate surface area is 89.8 Å². The lowest BCUT2D eigenvalue weighted by Gasteiger charge is -2.34. The Morgan fingerprint density at radius 2 is 2.40 bits per heavy atom. The van der Waals surface area contributed by atoms with Crippen LogP contribution in [0.1, 0.15) is 31.2 Å². The Bertz CT molecular complexity index is 305. The molecular weight excluding hydrogens is 192 g/mol. The van der Waals surface area contributed by atoms with Gasteiger partial charge in [-0.2, -0.15) is 0 Å². The van der Waals surface area contributed by atoms with Gasteiger partial charge in [-0.3, -0.25) is 0 Å². The van der Waals surface area contributed by atoms with Crippen LogP contribution in [0.4, 0.5) is 0 Å². The second kappa shape index (κ2) is 4.77. The van der Waals surface area contributed by atoms with Crippen LogP contribution in [0.5, 0.6) is 0 Å². The molecule has 1 aliphatic carbocycles. The first-order valence-electron chi connectivity index (χ1n) is 5.56. The van der Waals surface area contributed by atoms with Crippen molar-refractivity contribution in [2.75, 3.05) is 6.61 Å². The minimum atomic E-state index is 0.462. The fraction of sp³-hybridized carbons (Fsp3) is 0.727. The third-order valence-corrected chi connectivity index (χ3v) is 2.99. The molecule has 0 unspecified atom stereocenters. The van der Waals surface area contributed by atoms with Crippen LogP contribution in [-0.4, -0.2) is 17.7 Å². The van der Waals surface area contributed by atoms with E-state index in [-0.39, 0.29) is 0 Å². The van der Waals surface area contributed by atoms with Crippen molar-refractivity contribution >= 4 is 0 Å². The van der Waals surface area contributed by atoms with Crippen LogP contribution >= 0.6 is 0 Å². The van der Waals surface area contributed by atoms with E-state index in [0.717, 1.165) is 37.3 Å². The Morgan fingerprint density at radius 3 is 3.07 bits per heavy atom. The molecule has 2 rings (SSSR count). The van der Waals surface area contributed by atoms with Crippen molar-refractivity contribution in [1.29, 1.82) is 0 Å². The van der Waals surface area contributed by atoms with Crippen molar-refractivity contribution in [2.45, 2.75) is 38.8 Å². The van der Waals surface area contributed by atoms with Gasteiger partial charge < -0.3 is 14.9 Å². The molecule has 0 aromatic carbocycles. The predicted molar refractivity (Wildman–Crippen MR) is 56.2 cm³/mol. The Morgan fingerprint density at radius 1 is 1.60 bits per heavy atom. The van der Waals surface area contributed by atoms with Crippen LogP contribution in [0.15, 0.2) is 10.8 Å². The van der Waals surface area contributed by atoms with Crippen LogP contribution < -0.4 is 5.73 Å². The second-order valence-electron chi connectivity index (χ2n) is 4.05. The largest absolute Gasteiger partial charge is 0.448 e. The molecule has 1 heterocycles. The van der Waals surface area contributed by atoms with Crippen molar-refractivity contribution in [3.8, 4) is 0 Å². The third kappa shape index (κ3) is 2.38. The van der Waals surface area contributed by atoms with E-state index in [1.165, 1.54) is 6.39 Å². The first kappa shape index (κ1) is 10.6. The molecular formula is C11H18N2O2. The highest BCUT2D eigenvalue weighted by molar-refractivity contribution is 5.08. The van der Waals surface area contributed by atoms with Gasteiger partial charge >= 0.3 is 0 Å². The first-order chi connectivity index (χ1) is 7.33. The summed E-state index contributed by atoms with van der Waals surface area (Å²) in [7, 11) is 0. The molecule has 1 aliphatic rings. The van der Waals surface area contributed by atoms with E-state index in [0.29, 0.717) is 18.6 Å². The lowest BCUT2D eigenvalue weighted by atomic mass is 9.79. The highest BCUT2D eigenvalue weighted by Gasteiger charge is 2.30. The molecule has 0 aliphatic heterocycles. The van der Waals surface area contributed by atoms with E-state index in [4.69, 9.17) is 14.9 Å². The summed E-state index contributed by atoms with van der Waals surface area (Å²) in [6, 6.07) is 0. The number of nitrogens with zero attached hydrogens (tertiary/aromatic N) is 1. The van der Waals surface area contributed by atoms with E-state index < -0.39 is 0 Å². The minimum absolute atomic E-state index is 0.462. The van der Waals surface area contributed by atoms with E-state index in [1.807, 2.05) is 6.92 Å². The van der Waals surface area contributed by atoms with Crippen molar-refractivity contribution in [3.63, 3.8) is 0 Å². The van der Waals surface area contributed by atoms with E-state index >= 15 is 0 Å². The standard InChI is InChI=1S/C11H18N2O2/c1-2-14-9-3-8(4-9)5-11-10(6-12)13-7-15-11/h7-9H,2-6,12H2,1H3. The molecule has 84 valence electrons. The lowest BCUT2D eigenvalue weighted by Crippen LogP contribution is -2.32. The molecule has 0 amide bonds. The van der Waals surface area contributed by atoms with Crippen molar-refractivity contribution in [2.24, 2.45) is 11.7 Å². The van der Waals surface area contributed by atoms with Gasteiger partial charge in [-0.05, 0) is 25.7 Å². The van der Waals surface area contributed by atoms with Gasteiger partial charge in [-0.15, -0.1) is 0 Å². The van der Waals surface area contributed by atoms with Gasteiger partial charge in [0.05, 0.1) is 11.8 Å². The monoisotopic (exact) mass is 210 g/mol. The van der Waals surface area contributed by atoms with Gasteiger partial charge in [-0.1, -0.05) is 0 Å². The van der Waals surface area contributed by atoms with Crippen LogP contribution in [0, 0.1) is 5.92 Å². The molecule has 0 bridgehead atoms. The highest BCUT2D eigenvalue weighted by Crippen LogP contribution is 2.33. The quantitative estimate of drug-likeness (QED) is 0.799. The molecule has 0 spiro atoms. The summed E-state index contributed by atoms with van der Waals surface area (Å²) in [5.74, 6) is 1.64. The highest BCUT2D eigenvalue weighted by atomic mass is 16.5. The van der Waals surface area contributed by atoms with Gasteiger partial charge in [0.15, 0.2) is 6.39 Å². The molecule has 0 radical (unpaired) electrons. The zero-order chi connectivity index (χ0) is 10.7. The predicted octanol–water partition coefficient (Wildman–Crippen LogP) is 1.49. The third-order valence-electron chi connectivity index (χ3n) is 2.99. The Hall–Kier alpha value is -0.870. The number of nitrogens with two attached hydrogens (primary N) is 1. The van der Waals surface area contributed by atoms with Crippen LogP contribution in [0.3, 0.4) is 0 Å². The number of aromatic nitrogens is 1. The number of oxazole rings is 1. The number of hydrogen-bond donors (Lipinski definition) is 1. The maximum atomic E-state index is 5.56. The molecule has 1 saturated carbocycles. The number of ether oxygens (including phenoxy) is 1. The topological polar surface area (TPSA) is 61.3 Å². The minimum Gasteiger partial charge on any atom is -0.448 e. The smallest absolute Gasteiger partial charge is 0.181 e. The molecule has 2 N–H and O–H groups in total. The van der Waals surface area contributed by atoms with Crippen LogP contribution in [0.25, 0.3) is 0 Å². The number of rotatable bonds is 5. The summed E-state index contributed by atoms with van der Waals surface area (Å²) < 4.78 is 10.8. The lowest BCUT2D eigenvalue weighted by molar-refractivity contribution is -0.0252. The van der Waals surface area contributed by atoms with Crippen molar-refractivity contribution in [1.82, 2.24) is 4.98 Å². The molecule has 0 atom stereocenters. The van der Waals surface area contributed by atoms with Crippen molar-refractivity contribution in [3.05, 3.63) is 17.8 Å². The van der Waals surface area contributed by atoms with Crippen molar-refractivity contribution < 1.29 is 9.15 Å². The SMILES string of the molecule is CCOC1CC(Cc2ocnc2CN)C1. The summed E-state index contributed by atoms with van der Waals surface area (Å²) in [6.45, 7) is 3.32. The zero-order valence-corrected chi connectivity index (χ0v) is 9.11. The summed E-state index contributed by atoms with van der Waals surface area (Å²) in [6.07, 6.45) is 5.17. The van der Waals surface area contributed by atoms with Gasteiger partial charge in [-0.25, -0.2) is 4.98 Å². The molecule has 15 heavy (non-hydrogen) atoms. The number of hydrogen-bond acceptors (Lipinski definition) is 4. The van der Waals surface area contributed by atoms with E-state index in [2.05, 4.69) is 4.98 Å². The van der Waals surface area contributed by atoms with E-state index in [1.54, 1.807) is 0 Å². The molecule has 4 heteroatoms. The molecule has 1 aromatic rings. The Balaban J connectivity index is 1.79. The fourth-order valence-corrected chi connectivity index (χ4v) is 2.10. The maximum absolute atomic E-state index is 5.56. The summed E-state index contributed by atoms with van der Waals surface area (Å²) in [4.78, 5) is 4.08. The summed E-state index contributed by atoms with van der Waals surface area (Å²) in [5.41, 5.74) is 6.46. The normalized spacial score (nSPS) is 25.2. The second-order valence-corrected chi connectivity index (χ2v) is 4.05. The van der Waals surface area contributed by atoms with Gasteiger partial charge in [0.1, 0.15) is 5.76 Å². The maximum Gasteiger partial charge on any atom is 0.181 e. The molecule has 0 saturated heterocycles. The summed E-state index contributed by atoms with van der Waals surface area (Å²) >= 11 is 0. The van der Waals surface area contributed by atoms with E-state index in [9.17, 15) is 0 Å². The van der Waals surface area contributed by atoms with Gasteiger partial charge in [0, 0.05) is 19.6 Å². The van der Waals surface area contributed by atoms with Crippen LogP contribution in [0.2, 0.25) is 0 Å². The fourth-order valence-electron chi connectivity index (χ4n) is 2.10. The zero-order valence-electron chi connectivity index (χ0n) is 9.11. The average Bonchev–Trinajstić information content (AvgIpc) is 2.62. The van der Waals surface area contributed by atoms with Gasteiger partial charge in [0.25, 0.3) is 0 Å². The molecule has 1 fully saturated rings. The average molecular weight is 210 g/mol. The molecule has 1 aromatic heterocycles. The Kier molecular flexibility index (Phi) is 3.38. The van der Waals surface area contributed by atoms with Gasteiger partial charge in [0.2, 0.25) is 0 Å². The molecule has 4 nitrogen and oxygen atoms in total. The van der Waals surface area contributed by atoms with Crippen LogP contribution in [-0.2, 0) is 17.7 Å².